The third-order valence-corrected chi connectivity index (χ3v) is 14.1. The molecule has 0 unspecified atom stereocenters. The number of benzene rings is 11. The zero-order valence-electron chi connectivity index (χ0n) is 35.8. The highest BCUT2D eigenvalue weighted by molar-refractivity contribution is 6.13. The van der Waals surface area contributed by atoms with E-state index in [1.807, 2.05) is 6.07 Å². The summed E-state index contributed by atoms with van der Waals surface area (Å²) in [6, 6.07) is 85.7. The third kappa shape index (κ3) is 5.20. The van der Waals surface area contributed by atoms with Gasteiger partial charge in [0.15, 0.2) is 0 Å². The molecule has 0 fully saturated rings. The summed E-state index contributed by atoms with van der Waals surface area (Å²) in [4.78, 5) is 2.40. The van der Waals surface area contributed by atoms with E-state index in [2.05, 4.69) is 235 Å². The van der Waals surface area contributed by atoms with E-state index < -0.39 is 5.41 Å². The number of furan rings is 1. The van der Waals surface area contributed by atoms with Crippen molar-refractivity contribution < 1.29 is 9.15 Å². The van der Waals surface area contributed by atoms with Crippen LogP contribution in [-0.4, -0.2) is 0 Å². The fourth-order valence-electron chi connectivity index (χ4n) is 11.3. The van der Waals surface area contributed by atoms with E-state index in [0.29, 0.717) is 0 Å². The minimum atomic E-state index is -0.640. The Hall–Kier alpha value is -8.66. The van der Waals surface area contributed by atoms with Crippen molar-refractivity contribution in [1.29, 1.82) is 0 Å². The predicted molar refractivity (Wildman–Crippen MR) is 272 cm³/mol. The van der Waals surface area contributed by atoms with E-state index in [1.165, 1.54) is 33.4 Å². The first kappa shape index (κ1) is 36.8. The van der Waals surface area contributed by atoms with Gasteiger partial charge in [0.25, 0.3) is 0 Å². The van der Waals surface area contributed by atoms with Gasteiger partial charge in [0.1, 0.15) is 22.7 Å². The summed E-state index contributed by atoms with van der Waals surface area (Å²) < 4.78 is 13.7. The lowest BCUT2D eigenvalue weighted by Crippen LogP contribution is -2.32. The Morgan fingerprint density at radius 1 is 0.348 bits per heavy atom. The zero-order chi connectivity index (χ0) is 43.3. The van der Waals surface area contributed by atoms with Crippen LogP contribution in [0.2, 0.25) is 0 Å². The molecule has 3 heteroatoms. The van der Waals surface area contributed by atoms with Crippen LogP contribution in [0.3, 0.4) is 0 Å². The monoisotopic (exact) mass is 841 g/mol. The molecule has 1 aliphatic carbocycles. The molecule has 0 atom stereocenters. The average molecular weight is 842 g/mol. The molecule has 0 N–H and O–H groups in total. The van der Waals surface area contributed by atoms with Gasteiger partial charge in [-0.05, 0) is 97.7 Å². The molecule has 12 aromatic rings. The Kier molecular flexibility index (Phi) is 7.90. The largest absolute Gasteiger partial charge is 0.456 e. The minimum absolute atomic E-state index is 0.640. The van der Waals surface area contributed by atoms with Gasteiger partial charge in [-0.1, -0.05) is 194 Å². The second-order valence-corrected chi connectivity index (χ2v) is 17.5. The first-order valence-electron chi connectivity index (χ1n) is 22.7. The van der Waals surface area contributed by atoms with E-state index in [0.717, 1.165) is 94.3 Å². The summed E-state index contributed by atoms with van der Waals surface area (Å²) >= 11 is 0. The van der Waals surface area contributed by atoms with Crippen molar-refractivity contribution in [2.75, 3.05) is 4.90 Å². The second-order valence-electron chi connectivity index (χ2n) is 17.5. The van der Waals surface area contributed by atoms with Crippen molar-refractivity contribution in [2.24, 2.45) is 0 Å². The maximum atomic E-state index is 7.24. The summed E-state index contributed by atoms with van der Waals surface area (Å²) in [5.41, 5.74) is 16.2. The molecule has 0 saturated heterocycles. The van der Waals surface area contributed by atoms with Crippen LogP contribution in [-0.2, 0) is 5.41 Å². The highest BCUT2D eigenvalue weighted by Gasteiger charge is 2.52. The van der Waals surface area contributed by atoms with E-state index in [4.69, 9.17) is 9.15 Å². The van der Waals surface area contributed by atoms with E-state index in [9.17, 15) is 0 Å². The molecule has 0 saturated carbocycles. The molecule has 0 bridgehead atoms. The Bertz CT molecular complexity index is 3850. The zero-order valence-corrected chi connectivity index (χ0v) is 35.8. The molecule has 66 heavy (non-hydrogen) atoms. The number of fused-ring (bicyclic) bond motifs is 16. The number of para-hydroxylation sites is 1. The smallest absolute Gasteiger partial charge is 0.140 e. The highest BCUT2D eigenvalue weighted by Crippen LogP contribution is 2.65. The van der Waals surface area contributed by atoms with Crippen LogP contribution in [0.25, 0.3) is 76.9 Å². The molecule has 2 heterocycles. The average Bonchev–Trinajstić information content (AvgIpc) is 3.91. The lowest BCUT2D eigenvalue weighted by Gasteiger charge is -2.40. The van der Waals surface area contributed by atoms with Crippen molar-refractivity contribution in [2.45, 2.75) is 5.41 Å². The molecular formula is C63H39NO2. The number of nitrogens with zero attached hydrogens (tertiary/aromatic N) is 1. The van der Waals surface area contributed by atoms with Gasteiger partial charge in [0.05, 0.1) is 16.5 Å². The topological polar surface area (TPSA) is 25.6 Å². The summed E-state index contributed by atoms with van der Waals surface area (Å²) in [6.07, 6.45) is 0. The number of hydrogen-bond donors (Lipinski definition) is 0. The first-order valence-corrected chi connectivity index (χ1v) is 22.7. The summed E-state index contributed by atoms with van der Waals surface area (Å²) in [7, 11) is 0. The van der Waals surface area contributed by atoms with Crippen molar-refractivity contribution >= 4 is 60.5 Å². The predicted octanol–water partition coefficient (Wildman–Crippen LogP) is 17.2. The molecule has 308 valence electrons. The van der Waals surface area contributed by atoms with E-state index in [1.54, 1.807) is 0 Å². The lowest BCUT2D eigenvalue weighted by molar-refractivity contribution is 0.447. The Labute approximate surface area is 382 Å². The number of anilines is 3. The van der Waals surface area contributed by atoms with Gasteiger partial charge < -0.3 is 14.1 Å². The maximum absolute atomic E-state index is 7.24. The Morgan fingerprint density at radius 2 is 0.894 bits per heavy atom. The van der Waals surface area contributed by atoms with Crippen LogP contribution in [0.15, 0.2) is 241 Å². The van der Waals surface area contributed by atoms with Crippen LogP contribution >= 0.6 is 0 Å². The SMILES string of the molecule is c1ccc(-c2cccc(N(c3cccc(-c4cccc5c4-c4ccccc4C54c5ccc6ccccc6c5Oc5c4ccc4ccccc54)c3)c3cccc4oc5ccccc5c34)c2)cc1. The fraction of sp³-hybridized carbons (Fsp3) is 0.0159. The molecular weight excluding hydrogens is 803 g/mol. The molecule has 2 aliphatic rings. The summed E-state index contributed by atoms with van der Waals surface area (Å²) in [6.45, 7) is 0. The first-order chi connectivity index (χ1) is 32.7. The Morgan fingerprint density at radius 3 is 1.65 bits per heavy atom. The number of hydrogen-bond acceptors (Lipinski definition) is 3. The standard InChI is InChI=1S/C63H39NO2/c1-2-16-40(17-3-1)43-20-12-22-45(38-43)64(56-31-15-33-58-60(56)51-27-9-11-32-57(51)65-58)46-23-13-21-44(39-46)47-28-14-30-53-59(47)50-26-8-10-29-52(50)63(53)54-36-34-41-18-4-6-24-48(41)61(54)66-62-49-25-7-5-19-42(49)35-37-55(62)63/h1-39H. The highest BCUT2D eigenvalue weighted by atomic mass is 16.5. The van der Waals surface area contributed by atoms with Crippen molar-refractivity contribution in [3.63, 3.8) is 0 Å². The maximum Gasteiger partial charge on any atom is 0.140 e. The van der Waals surface area contributed by atoms with Crippen molar-refractivity contribution in [1.82, 2.24) is 0 Å². The Balaban J connectivity index is 1.02. The van der Waals surface area contributed by atoms with Crippen LogP contribution in [0, 0.1) is 0 Å². The molecule has 0 radical (unpaired) electrons. The van der Waals surface area contributed by atoms with Gasteiger partial charge in [0, 0.05) is 38.7 Å². The third-order valence-electron chi connectivity index (χ3n) is 14.1. The fourth-order valence-corrected chi connectivity index (χ4v) is 11.3. The van der Waals surface area contributed by atoms with Crippen LogP contribution in [0.1, 0.15) is 22.3 Å². The van der Waals surface area contributed by atoms with Crippen molar-refractivity contribution in [3.8, 4) is 44.9 Å². The lowest BCUT2D eigenvalue weighted by atomic mass is 9.65. The molecule has 14 rings (SSSR count). The minimum Gasteiger partial charge on any atom is -0.456 e. The summed E-state index contributed by atoms with van der Waals surface area (Å²) in [5, 5.41) is 6.70. The van der Waals surface area contributed by atoms with Gasteiger partial charge in [-0.15, -0.1) is 0 Å². The summed E-state index contributed by atoms with van der Waals surface area (Å²) in [5.74, 6) is 1.84. The molecule has 0 amide bonds. The quantitative estimate of drug-likeness (QED) is 0.173. The number of rotatable bonds is 5. The molecule has 1 spiro atoms. The van der Waals surface area contributed by atoms with Gasteiger partial charge >= 0.3 is 0 Å². The molecule has 3 nitrogen and oxygen atoms in total. The van der Waals surface area contributed by atoms with E-state index in [-0.39, 0.29) is 0 Å². The van der Waals surface area contributed by atoms with Crippen LogP contribution in [0.5, 0.6) is 11.5 Å². The van der Waals surface area contributed by atoms with Crippen LogP contribution < -0.4 is 9.64 Å². The molecule has 1 aliphatic heterocycles. The second kappa shape index (κ2) is 14.2. The van der Waals surface area contributed by atoms with Gasteiger partial charge in [0.2, 0.25) is 0 Å². The van der Waals surface area contributed by atoms with Gasteiger partial charge in [-0.2, -0.15) is 0 Å². The van der Waals surface area contributed by atoms with E-state index >= 15 is 0 Å². The van der Waals surface area contributed by atoms with Crippen LogP contribution in [0.4, 0.5) is 17.1 Å². The van der Waals surface area contributed by atoms with Crippen molar-refractivity contribution in [3.05, 3.63) is 259 Å². The molecule has 1 aromatic heterocycles. The normalized spacial score (nSPS) is 13.1. The number of ether oxygens (including phenoxy) is 1. The van der Waals surface area contributed by atoms with Gasteiger partial charge in [-0.3, -0.25) is 0 Å². The van der Waals surface area contributed by atoms with Gasteiger partial charge in [-0.25, -0.2) is 0 Å². The molecule has 11 aromatic carbocycles.